The molecule has 1 aromatic carbocycles. The summed E-state index contributed by atoms with van der Waals surface area (Å²) < 4.78 is 20.5. The van der Waals surface area contributed by atoms with E-state index < -0.39 is 30.0 Å². The van der Waals surface area contributed by atoms with Crippen LogP contribution in [0.1, 0.15) is 54.0 Å². The molecule has 146 valence electrons. The number of benzene rings is 1. The third-order valence-corrected chi connectivity index (χ3v) is 6.14. The van der Waals surface area contributed by atoms with Crippen LogP contribution in [0.25, 0.3) is 10.9 Å². The Kier molecular flexibility index (Phi) is 4.81. The lowest BCUT2D eigenvalue weighted by Crippen LogP contribution is -2.41. The van der Waals surface area contributed by atoms with Gasteiger partial charge in [-0.05, 0) is 67.0 Å². The van der Waals surface area contributed by atoms with Crippen molar-refractivity contribution >= 4 is 45.5 Å². The molecule has 0 bridgehead atoms. The number of fused-ring (bicyclic) bond motifs is 1. The van der Waals surface area contributed by atoms with Gasteiger partial charge in [0.1, 0.15) is 5.60 Å². The fourth-order valence-electron chi connectivity index (χ4n) is 3.11. The van der Waals surface area contributed by atoms with Crippen molar-refractivity contribution in [1.29, 1.82) is 0 Å². The number of rotatable bonds is 1. The molecule has 2 heterocycles. The molecule has 1 fully saturated rings. The third-order valence-electron chi connectivity index (χ3n) is 5.28. The van der Waals surface area contributed by atoms with Crippen molar-refractivity contribution < 1.29 is 18.8 Å². The minimum Gasteiger partial charge on any atom is -0.443 e. The molecule has 0 aliphatic carbocycles. The number of carbonyl (C=O) groups excluding carboxylic acids is 1. The first-order valence-electron chi connectivity index (χ1n) is 9.12. The van der Waals surface area contributed by atoms with Crippen molar-refractivity contribution in [3.63, 3.8) is 0 Å². The van der Waals surface area contributed by atoms with E-state index in [2.05, 4.69) is 15.9 Å². The van der Waals surface area contributed by atoms with Gasteiger partial charge in [-0.2, -0.15) is 0 Å². The molecule has 1 aromatic heterocycles. The lowest BCUT2D eigenvalue weighted by atomic mass is 9.79. The second-order valence-corrected chi connectivity index (χ2v) is 9.95. The Morgan fingerprint density at radius 3 is 2.22 bits per heavy atom. The van der Waals surface area contributed by atoms with Crippen molar-refractivity contribution in [3.8, 4) is 0 Å². The number of carbonyl (C=O) groups is 1. The van der Waals surface area contributed by atoms with E-state index in [9.17, 15) is 4.79 Å². The maximum atomic E-state index is 12.9. The fourth-order valence-corrected chi connectivity index (χ4v) is 3.43. The number of aromatic nitrogens is 1. The lowest BCUT2D eigenvalue weighted by molar-refractivity contribution is 0.00578. The van der Waals surface area contributed by atoms with Crippen LogP contribution < -0.4 is 5.46 Å². The Hall–Kier alpha value is -1.31. The number of hydrogen-bond acceptors (Lipinski definition) is 4. The molecule has 0 amide bonds. The van der Waals surface area contributed by atoms with Gasteiger partial charge >= 0.3 is 13.2 Å². The Balaban J connectivity index is 2.16. The molecule has 0 N–H and O–H groups in total. The van der Waals surface area contributed by atoms with E-state index in [-0.39, 0.29) is 0 Å². The summed E-state index contributed by atoms with van der Waals surface area (Å²) in [5, 5.41) is 0.917. The van der Waals surface area contributed by atoms with Crippen LogP contribution in [0, 0.1) is 6.92 Å². The zero-order valence-corrected chi connectivity index (χ0v) is 18.9. The molecule has 5 nitrogen and oxygen atoms in total. The van der Waals surface area contributed by atoms with Crippen molar-refractivity contribution in [1.82, 2.24) is 4.57 Å². The molecule has 0 spiro atoms. The van der Waals surface area contributed by atoms with Gasteiger partial charge in [-0.3, -0.25) is 4.57 Å². The van der Waals surface area contributed by atoms with Gasteiger partial charge in [0.2, 0.25) is 0 Å². The molecule has 0 saturated carbocycles. The number of ether oxygens (including phenoxy) is 1. The summed E-state index contributed by atoms with van der Waals surface area (Å²) in [5.74, 6) is 0. The summed E-state index contributed by atoms with van der Waals surface area (Å²) in [6, 6.07) is 3.96. The van der Waals surface area contributed by atoms with Crippen LogP contribution in [0.3, 0.4) is 0 Å². The zero-order chi connectivity index (χ0) is 20.4. The number of halogens is 1. The quantitative estimate of drug-likeness (QED) is 0.604. The molecule has 3 rings (SSSR count). The SMILES string of the molecule is Cc1c(Br)ccc2c(B3OC(C)(C)C(C)(C)O3)cn(C(=O)OC(C)(C)C)c12. The molecule has 0 unspecified atom stereocenters. The highest BCUT2D eigenvalue weighted by Crippen LogP contribution is 2.37. The average molecular weight is 436 g/mol. The van der Waals surface area contributed by atoms with E-state index in [0.29, 0.717) is 0 Å². The van der Waals surface area contributed by atoms with Gasteiger partial charge in [0.15, 0.2) is 0 Å². The minimum atomic E-state index is -0.585. The van der Waals surface area contributed by atoms with Crippen molar-refractivity contribution in [2.75, 3.05) is 0 Å². The summed E-state index contributed by atoms with van der Waals surface area (Å²) in [4.78, 5) is 12.9. The number of hydrogen-bond donors (Lipinski definition) is 0. The van der Waals surface area contributed by atoms with E-state index in [1.165, 1.54) is 0 Å². The number of nitrogens with zero attached hydrogens (tertiary/aromatic N) is 1. The van der Waals surface area contributed by atoms with Crippen LogP contribution in [-0.4, -0.2) is 34.6 Å². The highest BCUT2D eigenvalue weighted by molar-refractivity contribution is 9.10. The van der Waals surface area contributed by atoms with Crippen molar-refractivity contribution in [2.45, 2.75) is 72.2 Å². The highest BCUT2D eigenvalue weighted by atomic mass is 79.9. The topological polar surface area (TPSA) is 49.7 Å². The van der Waals surface area contributed by atoms with E-state index in [1.54, 1.807) is 10.8 Å². The first kappa shape index (κ1) is 20.4. The van der Waals surface area contributed by atoms with E-state index >= 15 is 0 Å². The Morgan fingerprint density at radius 1 is 1.15 bits per heavy atom. The smallest absolute Gasteiger partial charge is 0.443 e. The molecular formula is C20H27BBrNO4. The monoisotopic (exact) mass is 435 g/mol. The van der Waals surface area contributed by atoms with Gasteiger partial charge in [0, 0.05) is 21.5 Å². The standard InChI is InChI=1S/C20H27BBrNO4/c1-12-15(22)10-9-13-14(21-26-19(5,6)20(7,8)27-21)11-23(16(12)13)17(24)25-18(2,3)4/h9-11H,1-8H3. The molecule has 7 heteroatoms. The van der Waals surface area contributed by atoms with Gasteiger partial charge in [-0.15, -0.1) is 0 Å². The molecule has 1 aliphatic heterocycles. The maximum absolute atomic E-state index is 12.9. The van der Waals surface area contributed by atoms with Gasteiger partial charge in [0.05, 0.1) is 16.7 Å². The van der Waals surface area contributed by atoms with Gasteiger partial charge < -0.3 is 14.0 Å². The van der Waals surface area contributed by atoms with Gasteiger partial charge in [-0.1, -0.05) is 22.0 Å². The second-order valence-electron chi connectivity index (χ2n) is 9.09. The van der Waals surface area contributed by atoms with Crippen LogP contribution in [0.15, 0.2) is 22.8 Å². The van der Waals surface area contributed by atoms with Gasteiger partial charge in [0.25, 0.3) is 0 Å². The summed E-state index contributed by atoms with van der Waals surface area (Å²) in [6.45, 7) is 15.6. The maximum Gasteiger partial charge on any atom is 0.497 e. The fraction of sp³-hybridized carbons (Fsp3) is 0.550. The molecule has 27 heavy (non-hydrogen) atoms. The molecule has 1 saturated heterocycles. The van der Waals surface area contributed by atoms with Crippen LogP contribution in [0.4, 0.5) is 4.79 Å². The Bertz CT molecular complexity index is 895. The zero-order valence-electron chi connectivity index (χ0n) is 17.3. The number of aryl methyl sites for hydroxylation is 1. The van der Waals surface area contributed by atoms with E-state index in [0.717, 1.165) is 26.4 Å². The predicted octanol–water partition coefficient (Wildman–Crippen LogP) is 4.79. The molecule has 0 atom stereocenters. The van der Waals surface area contributed by atoms with Crippen LogP contribution in [-0.2, 0) is 14.0 Å². The minimum absolute atomic E-state index is 0.420. The molecular weight excluding hydrogens is 409 g/mol. The lowest BCUT2D eigenvalue weighted by Gasteiger charge is -2.32. The first-order valence-corrected chi connectivity index (χ1v) is 9.92. The molecule has 0 radical (unpaired) electrons. The third kappa shape index (κ3) is 3.57. The van der Waals surface area contributed by atoms with Crippen molar-refractivity contribution in [2.24, 2.45) is 0 Å². The largest absolute Gasteiger partial charge is 0.497 e. The van der Waals surface area contributed by atoms with Crippen LogP contribution in [0.5, 0.6) is 0 Å². The normalized spacial score (nSPS) is 18.9. The molecule has 1 aliphatic rings. The summed E-state index contributed by atoms with van der Waals surface area (Å²) in [5.41, 5.74) is 1.08. The second kappa shape index (κ2) is 6.36. The first-order chi connectivity index (χ1) is 12.2. The van der Waals surface area contributed by atoms with Gasteiger partial charge in [-0.25, -0.2) is 4.79 Å². The van der Waals surface area contributed by atoms with Crippen LogP contribution in [0.2, 0.25) is 0 Å². The molecule has 2 aromatic rings. The summed E-state index contributed by atoms with van der Waals surface area (Å²) in [7, 11) is -0.554. The predicted molar refractivity (Wildman–Crippen MR) is 112 cm³/mol. The highest BCUT2D eigenvalue weighted by Gasteiger charge is 2.52. The summed E-state index contributed by atoms with van der Waals surface area (Å²) >= 11 is 3.56. The average Bonchev–Trinajstić information content (AvgIpc) is 2.97. The Labute approximate surface area is 169 Å². The summed E-state index contributed by atoms with van der Waals surface area (Å²) in [6.07, 6.45) is 1.36. The Morgan fingerprint density at radius 2 is 1.70 bits per heavy atom. The van der Waals surface area contributed by atoms with Crippen LogP contribution >= 0.6 is 15.9 Å². The van der Waals surface area contributed by atoms with Crippen molar-refractivity contribution in [3.05, 3.63) is 28.4 Å². The van der Waals surface area contributed by atoms with E-state index in [4.69, 9.17) is 14.0 Å². The van der Waals surface area contributed by atoms with E-state index in [1.807, 2.05) is 67.5 Å².